The number of hydrogen-bond acceptors (Lipinski definition) is 5. The van der Waals surface area contributed by atoms with E-state index < -0.39 is 15.8 Å². The first-order valence-corrected chi connectivity index (χ1v) is 11.5. The van der Waals surface area contributed by atoms with Crippen LogP contribution in [0.3, 0.4) is 0 Å². The summed E-state index contributed by atoms with van der Waals surface area (Å²) >= 11 is 1.78. The van der Waals surface area contributed by atoms with Crippen molar-refractivity contribution in [2.24, 2.45) is 0 Å². The quantitative estimate of drug-likeness (QED) is 0.541. The molecule has 142 valence electrons. The Labute approximate surface area is 164 Å². The Hall–Kier alpha value is -2.05. The monoisotopic (exact) mass is 402 g/mol. The number of carbonyl (C=O) groups excluding carboxylic acids is 1. The van der Waals surface area contributed by atoms with Crippen molar-refractivity contribution >= 4 is 33.6 Å². The minimum atomic E-state index is -3.44. The molecule has 0 radical (unpaired) electrons. The summed E-state index contributed by atoms with van der Waals surface area (Å²) in [4.78, 5) is 13.4. The van der Waals surface area contributed by atoms with Crippen LogP contribution in [0.4, 0.5) is 0 Å². The molecule has 0 atom stereocenters. The molecule has 0 amide bonds. The molecular weight excluding hydrogens is 380 g/mol. The summed E-state index contributed by atoms with van der Waals surface area (Å²) in [5, 5.41) is 0. The number of methoxy groups -OCH3 is 1. The summed E-state index contributed by atoms with van der Waals surface area (Å²) in [6.45, 7) is 2.14. The Bertz CT molecular complexity index is 991. The van der Waals surface area contributed by atoms with Gasteiger partial charge in [0.25, 0.3) is 0 Å². The van der Waals surface area contributed by atoms with Crippen LogP contribution in [0.25, 0.3) is 17.2 Å². The highest BCUT2D eigenvalue weighted by Gasteiger charge is 2.25. The minimum Gasteiger partial charge on any atom is -0.466 e. The number of carbonyl (C=O) groups is 1. The van der Waals surface area contributed by atoms with Crippen LogP contribution in [0.2, 0.25) is 0 Å². The fourth-order valence-electron chi connectivity index (χ4n) is 3.06. The van der Waals surface area contributed by atoms with Gasteiger partial charge in [0, 0.05) is 10.5 Å². The van der Waals surface area contributed by atoms with Gasteiger partial charge in [0.05, 0.1) is 17.8 Å². The van der Waals surface area contributed by atoms with Crippen molar-refractivity contribution in [3.8, 4) is 11.1 Å². The smallest absolute Gasteiger partial charge is 0.333 e. The molecule has 0 saturated heterocycles. The largest absolute Gasteiger partial charge is 0.466 e. The predicted octanol–water partition coefficient (Wildman–Crippen LogP) is 4.59. The van der Waals surface area contributed by atoms with Crippen molar-refractivity contribution < 1.29 is 17.9 Å². The molecule has 1 aliphatic heterocycles. The molecular formula is C21H22O4S2. The Morgan fingerprint density at radius 2 is 1.96 bits per heavy atom. The maximum absolute atomic E-state index is 12.6. The highest BCUT2D eigenvalue weighted by Crippen LogP contribution is 2.35. The van der Waals surface area contributed by atoms with Gasteiger partial charge in [0.1, 0.15) is 0 Å². The van der Waals surface area contributed by atoms with Crippen LogP contribution in [-0.4, -0.2) is 33.0 Å². The number of thioether (sulfide) groups is 1. The standard InChI is InChI=1S/C21H22O4S2/c1-3-11-26-19-7-5-4-6-18(19)15-8-9-20-17(13-15)14-16(21(22)25-2)10-12-27(20,23)24/h4-9,13-14H,3,10-12H2,1-2H3. The van der Waals surface area contributed by atoms with Gasteiger partial charge in [-0.25, -0.2) is 13.2 Å². The van der Waals surface area contributed by atoms with Crippen LogP contribution in [0.5, 0.6) is 0 Å². The number of hydrogen-bond donors (Lipinski definition) is 0. The lowest BCUT2D eigenvalue weighted by atomic mass is 10.0. The lowest BCUT2D eigenvalue weighted by Gasteiger charge is -2.12. The molecule has 2 aromatic rings. The molecule has 3 rings (SSSR count). The van der Waals surface area contributed by atoms with Crippen molar-refractivity contribution in [1.29, 1.82) is 0 Å². The van der Waals surface area contributed by atoms with Crippen LogP contribution in [0.1, 0.15) is 25.3 Å². The minimum absolute atomic E-state index is 0.0940. The van der Waals surface area contributed by atoms with Crippen LogP contribution in [0.15, 0.2) is 57.8 Å². The van der Waals surface area contributed by atoms with Gasteiger partial charge in [-0.3, -0.25) is 0 Å². The maximum atomic E-state index is 12.6. The molecule has 4 nitrogen and oxygen atoms in total. The number of rotatable bonds is 5. The molecule has 0 spiro atoms. The lowest BCUT2D eigenvalue weighted by Crippen LogP contribution is -2.10. The zero-order valence-electron chi connectivity index (χ0n) is 15.4. The third kappa shape index (κ3) is 4.28. The summed E-state index contributed by atoms with van der Waals surface area (Å²) < 4.78 is 30.0. The van der Waals surface area contributed by atoms with Crippen LogP contribution in [0, 0.1) is 0 Å². The summed E-state index contributed by atoms with van der Waals surface area (Å²) in [7, 11) is -2.13. The van der Waals surface area contributed by atoms with Crippen molar-refractivity contribution in [1.82, 2.24) is 0 Å². The van der Waals surface area contributed by atoms with E-state index in [0.717, 1.165) is 28.2 Å². The molecule has 6 heteroatoms. The van der Waals surface area contributed by atoms with Gasteiger partial charge >= 0.3 is 5.97 Å². The van der Waals surface area contributed by atoms with Crippen molar-refractivity contribution in [2.75, 3.05) is 18.6 Å². The Kier molecular flexibility index (Phi) is 6.07. The third-order valence-electron chi connectivity index (χ3n) is 4.42. The van der Waals surface area contributed by atoms with Crippen molar-refractivity contribution in [2.45, 2.75) is 29.6 Å². The third-order valence-corrected chi connectivity index (χ3v) is 7.48. The first-order chi connectivity index (χ1) is 13.0. The Morgan fingerprint density at radius 1 is 1.19 bits per heavy atom. The molecule has 0 unspecified atom stereocenters. The van der Waals surface area contributed by atoms with Gasteiger partial charge in [0.2, 0.25) is 0 Å². The average Bonchev–Trinajstić information content (AvgIpc) is 2.81. The van der Waals surface area contributed by atoms with E-state index in [9.17, 15) is 13.2 Å². The fraction of sp³-hybridized carbons (Fsp3) is 0.286. The first-order valence-electron chi connectivity index (χ1n) is 8.84. The average molecular weight is 403 g/mol. The molecule has 1 aliphatic rings. The van der Waals surface area contributed by atoms with Gasteiger partial charge in [-0.2, -0.15) is 0 Å². The van der Waals surface area contributed by atoms with Gasteiger partial charge in [-0.05, 0) is 59.6 Å². The molecule has 0 saturated carbocycles. The van der Waals surface area contributed by atoms with Crippen molar-refractivity contribution in [3.05, 3.63) is 53.6 Å². The van der Waals surface area contributed by atoms with E-state index in [1.54, 1.807) is 23.9 Å². The summed E-state index contributed by atoms with van der Waals surface area (Å²) in [6.07, 6.45) is 2.88. The van der Waals surface area contributed by atoms with Crippen LogP contribution in [-0.2, 0) is 19.4 Å². The Morgan fingerprint density at radius 3 is 2.70 bits per heavy atom. The Balaban J connectivity index is 2.13. The van der Waals surface area contributed by atoms with Gasteiger partial charge in [-0.15, -0.1) is 11.8 Å². The maximum Gasteiger partial charge on any atom is 0.333 e. The lowest BCUT2D eigenvalue weighted by molar-refractivity contribution is -0.136. The number of ether oxygens (including phenoxy) is 1. The zero-order chi connectivity index (χ0) is 19.4. The predicted molar refractivity (Wildman–Crippen MR) is 110 cm³/mol. The van der Waals surface area contributed by atoms with E-state index in [0.29, 0.717) is 11.1 Å². The summed E-state index contributed by atoms with van der Waals surface area (Å²) in [5.41, 5.74) is 2.92. The second-order valence-electron chi connectivity index (χ2n) is 6.33. The second kappa shape index (κ2) is 8.31. The van der Waals surface area contributed by atoms with Gasteiger partial charge in [0.15, 0.2) is 9.84 Å². The number of sulfone groups is 1. The van der Waals surface area contributed by atoms with E-state index in [1.165, 1.54) is 7.11 Å². The van der Waals surface area contributed by atoms with E-state index in [4.69, 9.17) is 4.74 Å². The van der Waals surface area contributed by atoms with E-state index in [1.807, 2.05) is 30.3 Å². The SMILES string of the molecule is CCCSc1ccccc1-c1ccc2c(c1)C=C(C(=O)OC)CCS2(=O)=O. The molecule has 27 heavy (non-hydrogen) atoms. The molecule has 1 heterocycles. The normalized spacial score (nSPS) is 15.4. The molecule has 0 aliphatic carbocycles. The number of esters is 1. The first kappa shape index (κ1) is 19.7. The highest BCUT2D eigenvalue weighted by molar-refractivity contribution is 7.99. The molecule has 0 fully saturated rings. The van der Waals surface area contributed by atoms with E-state index in [-0.39, 0.29) is 17.1 Å². The molecule has 0 bridgehead atoms. The second-order valence-corrected chi connectivity index (χ2v) is 9.54. The van der Waals surface area contributed by atoms with Gasteiger partial charge < -0.3 is 4.74 Å². The zero-order valence-corrected chi connectivity index (χ0v) is 17.0. The summed E-state index contributed by atoms with van der Waals surface area (Å²) in [6, 6.07) is 13.4. The van der Waals surface area contributed by atoms with Gasteiger partial charge in [-0.1, -0.05) is 31.2 Å². The summed E-state index contributed by atoms with van der Waals surface area (Å²) in [5.74, 6) is 0.439. The molecule has 2 aromatic carbocycles. The highest BCUT2D eigenvalue weighted by atomic mass is 32.2. The number of benzene rings is 2. The van der Waals surface area contributed by atoms with Crippen LogP contribution < -0.4 is 0 Å². The van der Waals surface area contributed by atoms with E-state index >= 15 is 0 Å². The van der Waals surface area contributed by atoms with E-state index in [2.05, 4.69) is 13.0 Å². The molecule has 0 aromatic heterocycles. The van der Waals surface area contributed by atoms with Crippen molar-refractivity contribution in [3.63, 3.8) is 0 Å². The fourth-order valence-corrected chi connectivity index (χ4v) is 5.46. The topological polar surface area (TPSA) is 60.4 Å². The number of fused-ring (bicyclic) bond motifs is 1. The van der Waals surface area contributed by atoms with Crippen LogP contribution >= 0.6 is 11.8 Å². The molecule has 0 N–H and O–H groups in total.